The zero-order valence-corrected chi connectivity index (χ0v) is 14.5. The van der Waals surface area contributed by atoms with Crippen LogP contribution in [-0.4, -0.2) is 37.1 Å². The van der Waals surface area contributed by atoms with E-state index >= 15 is 0 Å². The normalized spacial score (nSPS) is 17.2. The topological polar surface area (TPSA) is 75.3 Å². The standard InChI is InChI=1S/C19H22FN5O/c20-15-8-4-3-7-14(15)18-23-22-17-10-9-16(24-25(17)18)21-13-19(26)11-5-1-2-6-12-19/h3-4,7-10,26H,1-2,5-6,11-13H2,(H,21,24). The smallest absolute Gasteiger partial charge is 0.188 e. The van der Waals surface area contributed by atoms with Gasteiger partial charge in [-0.2, -0.15) is 4.52 Å². The Kier molecular flexibility index (Phi) is 4.55. The SMILES string of the molecule is OC1(CNc2ccc3nnc(-c4ccccc4F)n3n2)CCCCCC1. The number of hydrogen-bond acceptors (Lipinski definition) is 5. The second kappa shape index (κ2) is 6.99. The van der Waals surface area contributed by atoms with Crippen LogP contribution in [0.4, 0.5) is 10.2 Å². The van der Waals surface area contributed by atoms with Crippen LogP contribution in [0.25, 0.3) is 17.0 Å². The highest BCUT2D eigenvalue weighted by Gasteiger charge is 2.27. The Morgan fingerprint density at radius 1 is 1.04 bits per heavy atom. The third-order valence-corrected chi connectivity index (χ3v) is 5.01. The highest BCUT2D eigenvalue weighted by molar-refractivity contribution is 5.60. The maximum absolute atomic E-state index is 14.1. The molecular weight excluding hydrogens is 333 g/mol. The van der Waals surface area contributed by atoms with Crippen molar-refractivity contribution in [2.45, 2.75) is 44.1 Å². The van der Waals surface area contributed by atoms with Gasteiger partial charge in [-0.25, -0.2) is 4.39 Å². The van der Waals surface area contributed by atoms with Gasteiger partial charge in [-0.15, -0.1) is 15.3 Å². The molecule has 0 amide bonds. The maximum atomic E-state index is 14.1. The molecule has 3 aromatic rings. The number of halogens is 1. The molecule has 2 heterocycles. The summed E-state index contributed by atoms with van der Waals surface area (Å²) in [5.74, 6) is 0.595. The molecule has 26 heavy (non-hydrogen) atoms. The summed E-state index contributed by atoms with van der Waals surface area (Å²) < 4.78 is 15.6. The van der Waals surface area contributed by atoms with Gasteiger partial charge in [0.1, 0.15) is 11.6 Å². The van der Waals surface area contributed by atoms with Crippen molar-refractivity contribution in [3.63, 3.8) is 0 Å². The first-order valence-corrected chi connectivity index (χ1v) is 9.08. The molecular formula is C19H22FN5O. The van der Waals surface area contributed by atoms with E-state index in [2.05, 4.69) is 20.6 Å². The minimum Gasteiger partial charge on any atom is -0.388 e. The van der Waals surface area contributed by atoms with Crippen LogP contribution in [0.3, 0.4) is 0 Å². The summed E-state index contributed by atoms with van der Waals surface area (Å²) in [5, 5.41) is 26.6. The highest BCUT2D eigenvalue weighted by Crippen LogP contribution is 2.27. The fourth-order valence-corrected chi connectivity index (χ4v) is 3.51. The van der Waals surface area contributed by atoms with Crippen molar-refractivity contribution in [3.8, 4) is 11.4 Å². The minimum absolute atomic E-state index is 0.354. The Balaban J connectivity index is 1.59. The summed E-state index contributed by atoms with van der Waals surface area (Å²) in [6.07, 6.45) is 6.06. The molecule has 0 atom stereocenters. The second-order valence-electron chi connectivity index (χ2n) is 6.98. The van der Waals surface area contributed by atoms with E-state index < -0.39 is 5.60 Å². The number of benzene rings is 1. The zero-order chi connectivity index (χ0) is 18.0. The van der Waals surface area contributed by atoms with E-state index in [1.54, 1.807) is 30.3 Å². The lowest BCUT2D eigenvalue weighted by molar-refractivity contribution is 0.0380. The monoisotopic (exact) mass is 355 g/mol. The van der Waals surface area contributed by atoms with Gasteiger partial charge in [-0.1, -0.05) is 37.8 Å². The van der Waals surface area contributed by atoms with Gasteiger partial charge in [0.25, 0.3) is 0 Å². The van der Waals surface area contributed by atoms with Crippen molar-refractivity contribution in [3.05, 3.63) is 42.2 Å². The first kappa shape index (κ1) is 16.9. The molecule has 1 aliphatic carbocycles. The van der Waals surface area contributed by atoms with Crippen molar-refractivity contribution in [2.24, 2.45) is 0 Å². The van der Waals surface area contributed by atoms with Gasteiger partial charge in [0.2, 0.25) is 0 Å². The molecule has 1 saturated carbocycles. The summed E-state index contributed by atoms with van der Waals surface area (Å²) >= 11 is 0. The van der Waals surface area contributed by atoms with Crippen LogP contribution < -0.4 is 5.32 Å². The first-order valence-electron chi connectivity index (χ1n) is 9.08. The van der Waals surface area contributed by atoms with Gasteiger partial charge in [-0.05, 0) is 37.1 Å². The lowest BCUT2D eigenvalue weighted by Gasteiger charge is -2.27. The molecule has 0 spiro atoms. The molecule has 0 bridgehead atoms. The summed E-state index contributed by atoms with van der Waals surface area (Å²) in [7, 11) is 0. The highest BCUT2D eigenvalue weighted by atomic mass is 19.1. The van der Waals surface area contributed by atoms with Gasteiger partial charge in [0, 0.05) is 6.54 Å². The van der Waals surface area contributed by atoms with Crippen LogP contribution in [0.2, 0.25) is 0 Å². The van der Waals surface area contributed by atoms with Crippen LogP contribution in [0.1, 0.15) is 38.5 Å². The third kappa shape index (κ3) is 3.39. The van der Waals surface area contributed by atoms with Crippen molar-refractivity contribution >= 4 is 11.5 Å². The number of nitrogens with zero attached hydrogens (tertiary/aromatic N) is 4. The number of fused-ring (bicyclic) bond motifs is 1. The molecule has 2 N–H and O–H groups in total. The molecule has 4 rings (SSSR count). The molecule has 0 saturated heterocycles. The third-order valence-electron chi connectivity index (χ3n) is 5.01. The summed E-state index contributed by atoms with van der Waals surface area (Å²) in [4.78, 5) is 0. The number of hydrogen-bond donors (Lipinski definition) is 2. The number of rotatable bonds is 4. The molecule has 6 nitrogen and oxygen atoms in total. The largest absolute Gasteiger partial charge is 0.388 e. The maximum Gasteiger partial charge on any atom is 0.188 e. The first-order chi connectivity index (χ1) is 12.6. The van der Waals surface area contributed by atoms with Gasteiger partial charge >= 0.3 is 0 Å². The predicted octanol–water partition coefficient (Wildman–Crippen LogP) is 3.43. The molecule has 1 fully saturated rings. The summed E-state index contributed by atoms with van der Waals surface area (Å²) in [5.41, 5.74) is 0.198. The van der Waals surface area contributed by atoms with Crippen molar-refractivity contribution in [2.75, 3.05) is 11.9 Å². The fourth-order valence-electron chi connectivity index (χ4n) is 3.51. The molecule has 0 radical (unpaired) electrons. The van der Waals surface area contributed by atoms with Crippen LogP contribution in [0, 0.1) is 5.82 Å². The van der Waals surface area contributed by atoms with E-state index in [4.69, 9.17) is 0 Å². The zero-order valence-electron chi connectivity index (χ0n) is 14.5. The molecule has 0 aliphatic heterocycles. The van der Waals surface area contributed by atoms with Gasteiger partial charge in [0.15, 0.2) is 11.5 Å². The van der Waals surface area contributed by atoms with Crippen LogP contribution in [0.15, 0.2) is 36.4 Å². The number of aromatic nitrogens is 4. The lowest BCUT2D eigenvalue weighted by Crippen LogP contribution is -2.36. The predicted molar refractivity (Wildman–Crippen MR) is 97.3 cm³/mol. The van der Waals surface area contributed by atoms with E-state index in [1.165, 1.54) is 23.4 Å². The van der Waals surface area contributed by atoms with Crippen LogP contribution >= 0.6 is 0 Å². The van der Waals surface area contributed by atoms with Gasteiger partial charge in [0.05, 0.1) is 11.2 Å². The molecule has 1 aromatic carbocycles. The molecule has 1 aliphatic rings. The molecule has 7 heteroatoms. The average molecular weight is 355 g/mol. The molecule has 136 valence electrons. The van der Waals surface area contributed by atoms with Crippen molar-refractivity contribution < 1.29 is 9.50 Å². The Hall–Kier alpha value is -2.54. The van der Waals surface area contributed by atoms with E-state index in [9.17, 15) is 9.50 Å². The minimum atomic E-state index is -0.700. The Bertz CT molecular complexity index is 902. The fraction of sp³-hybridized carbons (Fsp3) is 0.421. The van der Waals surface area contributed by atoms with Crippen molar-refractivity contribution in [1.29, 1.82) is 0 Å². The second-order valence-corrected chi connectivity index (χ2v) is 6.98. The Morgan fingerprint density at radius 3 is 2.58 bits per heavy atom. The van der Waals surface area contributed by atoms with Gasteiger partial charge < -0.3 is 10.4 Å². The summed E-state index contributed by atoms with van der Waals surface area (Å²) in [6.45, 7) is 0.447. The van der Waals surface area contributed by atoms with Crippen molar-refractivity contribution in [1.82, 2.24) is 19.8 Å². The summed E-state index contributed by atoms with van der Waals surface area (Å²) in [6, 6.07) is 10.0. The van der Waals surface area contributed by atoms with E-state index in [-0.39, 0.29) is 5.82 Å². The molecule has 2 aromatic heterocycles. The Morgan fingerprint density at radius 2 is 1.81 bits per heavy atom. The van der Waals surface area contributed by atoms with Gasteiger partial charge in [-0.3, -0.25) is 0 Å². The van der Waals surface area contributed by atoms with Crippen LogP contribution in [-0.2, 0) is 0 Å². The Labute approximate surface area is 151 Å². The lowest BCUT2D eigenvalue weighted by atomic mass is 9.94. The van der Waals surface area contributed by atoms with E-state index in [1.807, 2.05) is 0 Å². The van der Waals surface area contributed by atoms with E-state index in [0.717, 1.165) is 25.7 Å². The van der Waals surface area contributed by atoms with E-state index in [0.29, 0.717) is 29.4 Å². The quantitative estimate of drug-likeness (QED) is 0.701. The number of nitrogens with one attached hydrogen (secondary N) is 1. The number of anilines is 1. The van der Waals surface area contributed by atoms with Crippen LogP contribution in [0.5, 0.6) is 0 Å². The molecule has 0 unspecified atom stereocenters. The number of aliphatic hydroxyl groups is 1. The average Bonchev–Trinajstić information content (AvgIpc) is 2.94.